The zero-order chi connectivity index (χ0) is 9.97. The first-order valence-corrected chi connectivity index (χ1v) is 5.66. The standard InChI is InChI=1S/C10H14BrN3/c1-8-7-14(6-5-12-8)10-4-2-3-9(11)13-10/h2-4,8,12H,5-7H2,1H3/t8-/m0/s1. The van der Waals surface area contributed by atoms with Crippen molar-refractivity contribution in [1.82, 2.24) is 10.3 Å². The molecule has 3 nitrogen and oxygen atoms in total. The molecule has 1 aromatic heterocycles. The van der Waals surface area contributed by atoms with Crippen molar-refractivity contribution in [3.63, 3.8) is 0 Å². The minimum Gasteiger partial charge on any atom is -0.354 e. The molecular formula is C10H14BrN3. The quantitative estimate of drug-likeness (QED) is 0.774. The first-order valence-electron chi connectivity index (χ1n) is 4.86. The van der Waals surface area contributed by atoms with Crippen molar-refractivity contribution in [2.75, 3.05) is 24.5 Å². The lowest BCUT2D eigenvalue weighted by Crippen LogP contribution is -2.49. The van der Waals surface area contributed by atoms with E-state index in [1.807, 2.05) is 12.1 Å². The molecule has 2 heterocycles. The molecule has 1 N–H and O–H groups in total. The summed E-state index contributed by atoms with van der Waals surface area (Å²) in [5, 5.41) is 3.42. The van der Waals surface area contributed by atoms with E-state index < -0.39 is 0 Å². The Morgan fingerprint density at radius 1 is 1.57 bits per heavy atom. The van der Waals surface area contributed by atoms with E-state index in [4.69, 9.17) is 0 Å². The molecule has 1 saturated heterocycles. The fourth-order valence-corrected chi connectivity index (χ4v) is 2.05. The Bertz CT molecular complexity index is 316. The van der Waals surface area contributed by atoms with Crippen LogP contribution in [0.2, 0.25) is 0 Å². The molecule has 0 saturated carbocycles. The van der Waals surface area contributed by atoms with Crippen LogP contribution in [-0.4, -0.2) is 30.7 Å². The van der Waals surface area contributed by atoms with Gasteiger partial charge in [0.25, 0.3) is 0 Å². The molecular weight excluding hydrogens is 242 g/mol. The molecule has 0 aliphatic carbocycles. The number of nitrogens with zero attached hydrogens (tertiary/aromatic N) is 2. The number of piperazine rings is 1. The summed E-state index contributed by atoms with van der Waals surface area (Å²) in [6.07, 6.45) is 0. The average molecular weight is 256 g/mol. The summed E-state index contributed by atoms with van der Waals surface area (Å²) in [4.78, 5) is 6.76. The molecule has 0 radical (unpaired) electrons. The molecule has 1 fully saturated rings. The van der Waals surface area contributed by atoms with Gasteiger partial charge in [-0.15, -0.1) is 0 Å². The minimum atomic E-state index is 0.546. The number of pyridine rings is 1. The normalized spacial score (nSPS) is 22.4. The van der Waals surface area contributed by atoms with Gasteiger partial charge < -0.3 is 10.2 Å². The zero-order valence-corrected chi connectivity index (χ0v) is 9.79. The van der Waals surface area contributed by atoms with Crippen LogP contribution in [0.25, 0.3) is 0 Å². The molecule has 4 heteroatoms. The molecule has 0 bridgehead atoms. The maximum atomic E-state index is 4.45. The minimum absolute atomic E-state index is 0.546. The second kappa shape index (κ2) is 4.28. The maximum absolute atomic E-state index is 4.45. The molecule has 2 rings (SSSR count). The summed E-state index contributed by atoms with van der Waals surface area (Å²) in [7, 11) is 0. The topological polar surface area (TPSA) is 28.2 Å². The second-order valence-corrected chi connectivity index (χ2v) is 4.43. The van der Waals surface area contributed by atoms with E-state index in [0.717, 1.165) is 30.1 Å². The van der Waals surface area contributed by atoms with E-state index in [1.54, 1.807) is 0 Å². The van der Waals surface area contributed by atoms with Gasteiger partial charge in [-0.25, -0.2) is 4.98 Å². The summed E-state index contributed by atoms with van der Waals surface area (Å²) in [6.45, 7) is 5.30. The van der Waals surface area contributed by atoms with Gasteiger partial charge in [-0.3, -0.25) is 0 Å². The fourth-order valence-electron chi connectivity index (χ4n) is 1.71. The Balaban J connectivity index is 2.14. The molecule has 76 valence electrons. The Morgan fingerprint density at radius 2 is 2.43 bits per heavy atom. The monoisotopic (exact) mass is 255 g/mol. The van der Waals surface area contributed by atoms with Crippen molar-refractivity contribution in [3.05, 3.63) is 22.8 Å². The van der Waals surface area contributed by atoms with Gasteiger partial charge in [0.1, 0.15) is 10.4 Å². The van der Waals surface area contributed by atoms with Crippen LogP contribution in [0.1, 0.15) is 6.92 Å². The van der Waals surface area contributed by atoms with Crippen molar-refractivity contribution in [2.24, 2.45) is 0 Å². The zero-order valence-electron chi connectivity index (χ0n) is 8.20. The Morgan fingerprint density at radius 3 is 3.14 bits per heavy atom. The lowest BCUT2D eigenvalue weighted by Gasteiger charge is -2.32. The largest absolute Gasteiger partial charge is 0.354 e. The van der Waals surface area contributed by atoms with Gasteiger partial charge in [-0.1, -0.05) is 6.07 Å². The Kier molecular flexibility index (Phi) is 3.03. The molecule has 14 heavy (non-hydrogen) atoms. The maximum Gasteiger partial charge on any atom is 0.129 e. The van der Waals surface area contributed by atoms with Crippen molar-refractivity contribution in [3.8, 4) is 0 Å². The van der Waals surface area contributed by atoms with Crippen molar-refractivity contribution < 1.29 is 0 Å². The predicted octanol–water partition coefficient (Wildman–Crippen LogP) is 1.64. The Hall–Kier alpha value is -0.610. The second-order valence-electron chi connectivity index (χ2n) is 3.62. The highest BCUT2D eigenvalue weighted by atomic mass is 79.9. The summed E-state index contributed by atoms with van der Waals surface area (Å²) in [5.74, 6) is 1.06. The van der Waals surface area contributed by atoms with Crippen LogP contribution in [0, 0.1) is 0 Å². The molecule has 1 aromatic rings. The van der Waals surface area contributed by atoms with Gasteiger partial charge in [-0.2, -0.15) is 0 Å². The first kappa shape index (κ1) is 9.93. The van der Waals surface area contributed by atoms with Crippen LogP contribution >= 0.6 is 15.9 Å². The van der Waals surface area contributed by atoms with Crippen LogP contribution in [0.4, 0.5) is 5.82 Å². The average Bonchev–Trinajstić information content (AvgIpc) is 2.18. The van der Waals surface area contributed by atoms with Gasteiger partial charge in [-0.05, 0) is 35.0 Å². The fraction of sp³-hybridized carbons (Fsp3) is 0.500. The number of hydrogen-bond donors (Lipinski definition) is 1. The highest BCUT2D eigenvalue weighted by Crippen LogP contribution is 2.16. The number of aromatic nitrogens is 1. The third-order valence-electron chi connectivity index (χ3n) is 2.39. The SMILES string of the molecule is C[C@H]1CN(c2cccc(Br)n2)CCN1. The van der Waals surface area contributed by atoms with Gasteiger partial charge in [0.2, 0.25) is 0 Å². The summed E-state index contributed by atoms with van der Waals surface area (Å²) in [5.41, 5.74) is 0. The van der Waals surface area contributed by atoms with E-state index in [0.29, 0.717) is 6.04 Å². The van der Waals surface area contributed by atoms with E-state index in [1.165, 1.54) is 0 Å². The van der Waals surface area contributed by atoms with Crippen LogP contribution in [0.5, 0.6) is 0 Å². The molecule has 1 atom stereocenters. The molecule has 0 aromatic carbocycles. The van der Waals surface area contributed by atoms with Gasteiger partial charge in [0.05, 0.1) is 0 Å². The van der Waals surface area contributed by atoms with Gasteiger partial charge in [0.15, 0.2) is 0 Å². The Labute approximate surface area is 92.6 Å². The molecule has 0 spiro atoms. The van der Waals surface area contributed by atoms with E-state index in [-0.39, 0.29) is 0 Å². The number of nitrogens with one attached hydrogen (secondary N) is 1. The van der Waals surface area contributed by atoms with Crippen LogP contribution in [0.3, 0.4) is 0 Å². The van der Waals surface area contributed by atoms with Crippen molar-refractivity contribution >= 4 is 21.7 Å². The smallest absolute Gasteiger partial charge is 0.129 e. The summed E-state index contributed by atoms with van der Waals surface area (Å²) >= 11 is 3.39. The first-order chi connectivity index (χ1) is 6.75. The highest BCUT2D eigenvalue weighted by molar-refractivity contribution is 9.10. The van der Waals surface area contributed by atoms with Gasteiger partial charge >= 0.3 is 0 Å². The number of halogens is 1. The lowest BCUT2D eigenvalue weighted by molar-refractivity contribution is 0.482. The van der Waals surface area contributed by atoms with Gasteiger partial charge in [0, 0.05) is 25.7 Å². The van der Waals surface area contributed by atoms with Crippen LogP contribution in [0.15, 0.2) is 22.8 Å². The van der Waals surface area contributed by atoms with Crippen LogP contribution < -0.4 is 10.2 Å². The summed E-state index contributed by atoms with van der Waals surface area (Å²) in [6, 6.07) is 6.58. The van der Waals surface area contributed by atoms with Crippen molar-refractivity contribution in [1.29, 1.82) is 0 Å². The van der Waals surface area contributed by atoms with E-state index >= 15 is 0 Å². The van der Waals surface area contributed by atoms with E-state index in [9.17, 15) is 0 Å². The van der Waals surface area contributed by atoms with Crippen molar-refractivity contribution in [2.45, 2.75) is 13.0 Å². The predicted molar refractivity (Wildman–Crippen MR) is 61.6 cm³/mol. The third kappa shape index (κ3) is 2.25. The third-order valence-corrected chi connectivity index (χ3v) is 2.83. The molecule has 1 aliphatic rings. The molecule has 0 amide bonds. The lowest BCUT2D eigenvalue weighted by atomic mass is 10.2. The number of rotatable bonds is 1. The van der Waals surface area contributed by atoms with E-state index in [2.05, 4.69) is 44.1 Å². The molecule has 0 unspecified atom stereocenters. The molecule has 1 aliphatic heterocycles. The van der Waals surface area contributed by atoms with Crippen LogP contribution in [-0.2, 0) is 0 Å². The number of anilines is 1. The number of hydrogen-bond acceptors (Lipinski definition) is 3. The summed E-state index contributed by atoms with van der Waals surface area (Å²) < 4.78 is 0.904. The highest BCUT2D eigenvalue weighted by Gasteiger charge is 2.16.